The molecule has 0 bridgehead atoms. The van der Waals surface area contributed by atoms with E-state index < -0.39 is 11.8 Å². The topological polar surface area (TPSA) is 90.1 Å². The van der Waals surface area contributed by atoms with Gasteiger partial charge in [-0.3, -0.25) is 4.79 Å². The van der Waals surface area contributed by atoms with Crippen LogP contribution in [0.15, 0.2) is 16.9 Å². The van der Waals surface area contributed by atoms with E-state index in [1.807, 2.05) is 6.92 Å². The van der Waals surface area contributed by atoms with Crippen LogP contribution in [0.1, 0.15) is 23.2 Å². The summed E-state index contributed by atoms with van der Waals surface area (Å²) in [6.45, 7) is 2.42. The molecular weight excluding hydrogens is 246 g/mol. The van der Waals surface area contributed by atoms with Crippen LogP contribution in [-0.2, 0) is 4.74 Å². The normalized spacial score (nSPS) is 19.1. The second kappa shape index (κ2) is 4.24. The number of nitrogens with zero attached hydrogens (tertiary/aromatic N) is 1. The van der Waals surface area contributed by atoms with E-state index in [-0.39, 0.29) is 5.91 Å². The lowest BCUT2D eigenvalue weighted by Crippen LogP contribution is -2.33. The Balaban J connectivity index is 2.17. The maximum absolute atomic E-state index is 12.3. The van der Waals surface area contributed by atoms with Gasteiger partial charge in [0.25, 0.3) is 5.91 Å². The second-order valence-corrected chi connectivity index (χ2v) is 4.83. The highest BCUT2D eigenvalue weighted by Gasteiger charge is 2.27. The number of imidazole rings is 1. The van der Waals surface area contributed by atoms with E-state index in [0.29, 0.717) is 29.7 Å². The van der Waals surface area contributed by atoms with Gasteiger partial charge < -0.3 is 15.5 Å². The molecule has 6 heteroatoms. The number of hydrogen-bond acceptors (Lipinski definition) is 4. The first kappa shape index (κ1) is 12.0. The molecule has 100 valence electrons. The van der Waals surface area contributed by atoms with Crippen molar-refractivity contribution in [1.82, 2.24) is 9.55 Å². The number of nitrogen functional groups attached to an aromatic ring is 1. The van der Waals surface area contributed by atoms with Gasteiger partial charge in [-0.2, -0.15) is 0 Å². The van der Waals surface area contributed by atoms with Gasteiger partial charge in [-0.05, 0) is 37.5 Å². The van der Waals surface area contributed by atoms with Crippen molar-refractivity contribution in [2.45, 2.75) is 25.9 Å². The molecule has 0 spiro atoms. The van der Waals surface area contributed by atoms with E-state index in [0.717, 1.165) is 16.6 Å². The van der Waals surface area contributed by atoms with Crippen molar-refractivity contribution >= 4 is 22.6 Å². The molecule has 1 aromatic heterocycles. The smallest absolute Gasteiger partial charge is 0.333 e. The van der Waals surface area contributed by atoms with Crippen LogP contribution in [0, 0.1) is 6.92 Å². The Labute approximate surface area is 109 Å². The van der Waals surface area contributed by atoms with Gasteiger partial charge in [0.15, 0.2) is 0 Å². The summed E-state index contributed by atoms with van der Waals surface area (Å²) in [5.74, 6) is -0.322. The first-order valence-electron chi connectivity index (χ1n) is 6.24. The molecule has 0 aliphatic carbocycles. The zero-order valence-corrected chi connectivity index (χ0v) is 10.6. The molecule has 1 aliphatic heterocycles. The maximum atomic E-state index is 12.3. The van der Waals surface area contributed by atoms with Crippen molar-refractivity contribution in [3.8, 4) is 0 Å². The van der Waals surface area contributed by atoms with Crippen LogP contribution >= 0.6 is 0 Å². The Bertz CT molecular complexity index is 708. The van der Waals surface area contributed by atoms with Crippen LogP contribution in [0.3, 0.4) is 0 Å². The Hall–Kier alpha value is -2.08. The second-order valence-electron chi connectivity index (χ2n) is 4.83. The van der Waals surface area contributed by atoms with Crippen LogP contribution < -0.4 is 11.4 Å². The molecule has 2 heterocycles. The number of aryl methyl sites for hydroxylation is 1. The molecule has 3 N–H and O–H groups in total. The first-order valence-corrected chi connectivity index (χ1v) is 6.24. The van der Waals surface area contributed by atoms with Gasteiger partial charge in [-0.15, -0.1) is 0 Å². The Morgan fingerprint density at radius 2 is 2.32 bits per heavy atom. The van der Waals surface area contributed by atoms with Gasteiger partial charge >= 0.3 is 5.69 Å². The lowest BCUT2D eigenvalue weighted by molar-refractivity contribution is 0.0556. The molecule has 2 aromatic rings. The summed E-state index contributed by atoms with van der Waals surface area (Å²) in [6, 6.07) is 3.42. The largest absolute Gasteiger partial charge is 0.398 e. The number of anilines is 1. The summed E-state index contributed by atoms with van der Waals surface area (Å²) < 4.78 is 6.47. The predicted octanol–water partition coefficient (Wildman–Crippen LogP) is 1.04. The SMILES string of the molecule is Cc1cc2[nH]c(=O)n(C(=O)C3CCCO3)c2cc1N. The minimum absolute atomic E-state index is 0.322. The fourth-order valence-electron chi connectivity index (χ4n) is 2.41. The number of H-pyrrole nitrogens is 1. The lowest BCUT2D eigenvalue weighted by atomic mass is 10.1. The molecule has 1 aliphatic rings. The minimum atomic E-state index is -0.528. The monoisotopic (exact) mass is 261 g/mol. The summed E-state index contributed by atoms with van der Waals surface area (Å²) in [7, 11) is 0. The summed E-state index contributed by atoms with van der Waals surface area (Å²) in [4.78, 5) is 26.9. The number of carbonyl (C=O) groups excluding carboxylic acids is 1. The molecule has 0 radical (unpaired) electrons. The highest BCUT2D eigenvalue weighted by molar-refractivity contribution is 5.94. The molecule has 1 aromatic carbocycles. The predicted molar refractivity (Wildman–Crippen MR) is 71.3 cm³/mol. The van der Waals surface area contributed by atoms with E-state index in [2.05, 4.69) is 4.98 Å². The molecule has 1 saturated heterocycles. The number of aromatic amines is 1. The first-order chi connectivity index (χ1) is 9.08. The van der Waals surface area contributed by atoms with Gasteiger partial charge in [-0.1, -0.05) is 0 Å². The number of nitrogens with one attached hydrogen (secondary N) is 1. The average Bonchev–Trinajstić information content (AvgIpc) is 2.97. The maximum Gasteiger partial charge on any atom is 0.333 e. The third kappa shape index (κ3) is 1.84. The minimum Gasteiger partial charge on any atom is -0.398 e. The van der Waals surface area contributed by atoms with Crippen LogP contribution in [0.2, 0.25) is 0 Å². The fraction of sp³-hybridized carbons (Fsp3) is 0.385. The third-order valence-corrected chi connectivity index (χ3v) is 3.50. The lowest BCUT2D eigenvalue weighted by Gasteiger charge is -2.09. The van der Waals surface area contributed by atoms with E-state index in [1.165, 1.54) is 0 Å². The number of hydrogen-bond donors (Lipinski definition) is 2. The van der Waals surface area contributed by atoms with Gasteiger partial charge in [0, 0.05) is 12.3 Å². The third-order valence-electron chi connectivity index (χ3n) is 3.50. The van der Waals surface area contributed by atoms with E-state index >= 15 is 0 Å². The quantitative estimate of drug-likeness (QED) is 0.750. The van der Waals surface area contributed by atoms with E-state index in [1.54, 1.807) is 12.1 Å². The molecule has 0 saturated carbocycles. The zero-order chi connectivity index (χ0) is 13.6. The van der Waals surface area contributed by atoms with Crippen molar-refractivity contribution in [1.29, 1.82) is 0 Å². The van der Waals surface area contributed by atoms with Crippen molar-refractivity contribution in [3.63, 3.8) is 0 Å². The van der Waals surface area contributed by atoms with Gasteiger partial charge in [0.1, 0.15) is 6.10 Å². The number of rotatable bonds is 1. The fourth-order valence-corrected chi connectivity index (χ4v) is 2.41. The molecule has 0 amide bonds. The van der Waals surface area contributed by atoms with Crippen molar-refractivity contribution < 1.29 is 9.53 Å². The van der Waals surface area contributed by atoms with Gasteiger partial charge in [0.2, 0.25) is 0 Å². The van der Waals surface area contributed by atoms with Gasteiger partial charge in [-0.25, -0.2) is 9.36 Å². The highest BCUT2D eigenvalue weighted by Crippen LogP contribution is 2.21. The zero-order valence-electron chi connectivity index (χ0n) is 10.6. The number of fused-ring (bicyclic) bond motifs is 1. The molecule has 19 heavy (non-hydrogen) atoms. The van der Waals surface area contributed by atoms with E-state index in [4.69, 9.17) is 10.5 Å². The summed E-state index contributed by atoms with van der Waals surface area (Å²) in [5, 5.41) is 0. The summed E-state index contributed by atoms with van der Waals surface area (Å²) >= 11 is 0. The number of ether oxygens (including phenoxy) is 1. The van der Waals surface area contributed by atoms with Crippen molar-refractivity contribution in [2.24, 2.45) is 0 Å². The van der Waals surface area contributed by atoms with Crippen molar-refractivity contribution in [3.05, 3.63) is 28.2 Å². The Morgan fingerprint density at radius 3 is 3.00 bits per heavy atom. The molecule has 1 fully saturated rings. The van der Waals surface area contributed by atoms with Crippen molar-refractivity contribution in [2.75, 3.05) is 12.3 Å². The summed E-state index contributed by atoms with van der Waals surface area (Å²) in [5.41, 5.74) is 7.95. The molecule has 1 unspecified atom stereocenters. The Morgan fingerprint density at radius 1 is 1.53 bits per heavy atom. The van der Waals surface area contributed by atoms with Crippen LogP contribution in [0.25, 0.3) is 11.0 Å². The molecule has 3 rings (SSSR count). The number of carbonyl (C=O) groups is 1. The highest BCUT2D eigenvalue weighted by atomic mass is 16.5. The van der Waals surface area contributed by atoms with E-state index in [9.17, 15) is 9.59 Å². The van der Waals surface area contributed by atoms with Crippen LogP contribution in [0.5, 0.6) is 0 Å². The number of aromatic nitrogens is 2. The molecular formula is C13H15N3O3. The number of benzene rings is 1. The molecule has 1 atom stereocenters. The Kier molecular flexibility index (Phi) is 2.67. The van der Waals surface area contributed by atoms with Crippen LogP contribution in [0.4, 0.5) is 5.69 Å². The van der Waals surface area contributed by atoms with Crippen LogP contribution in [-0.4, -0.2) is 28.2 Å². The summed E-state index contributed by atoms with van der Waals surface area (Å²) in [6.07, 6.45) is 0.966. The standard InChI is InChI=1S/C13H15N3O3/c1-7-5-9-10(6-8(7)14)16(13(18)15-9)12(17)11-3-2-4-19-11/h5-6,11H,2-4,14H2,1H3,(H,15,18). The van der Waals surface area contributed by atoms with Gasteiger partial charge in [0.05, 0.1) is 11.0 Å². The number of nitrogens with two attached hydrogens (primary N) is 1. The average molecular weight is 261 g/mol. The molecule has 6 nitrogen and oxygen atoms in total.